The molecule has 1 nitrogen and oxygen atoms in total. The van der Waals surface area contributed by atoms with E-state index in [1.165, 1.54) is 33.4 Å². The Labute approximate surface area is 132 Å². The lowest BCUT2D eigenvalue weighted by Gasteiger charge is -2.08. The van der Waals surface area contributed by atoms with Crippen LogP contribution in [0.1, 0.15) is 22.3 Å². The molecule has 0 aliphatic carbocycles. The fourth-order valence-corrected chi connectivity index (χ4v) is 2.56. The van der Waals surface area contributed by atoms with Crippen LogP contribution in [-0.2, 0) is 0 Å². The van der Waals surface area contributed by atoms with E-state index < -0.39 is 0 Å². The number of nitrogens with zero attached hydrogens (tertiary/aromatic N) is 1. The summed E-state index contributed by atoms with van der Waals surface area (Å²) >= 11 is 0. The number of rotatable bonds is 2. The number of hydrogen-bond donors (Lipinski definition) is 0. The first kappa shape index (κ1) is 14.5. The summed E-state index contributed by atoms with van der Waals surface area (Å²) in [6.07, 6.45) is 0. The molecule has 0 N–H and O–H groups in total. The van der Waals surface area contributed by atoms with Gasteiger partial charge < -0.3 is 0 Å². The molecule has 1 heterocycles. The highest BCUT2D eigenvalue weighted by molar-refractivity contribution is 5.67. The van der Waals surface area contributed by atoms with E-state index in [0.29, 0.717) is 0 Å². The molecule has 0 saturated carbocycles. The van der Waals surface area contributed by atoms with Crippen LogP contribution in [0.15, 0.2) is 54.6 Å². The molecule has 0 aliphatic rings. The average Bonchev–Trinajstić information content (AvgIpc) is 2.53. The second-order valence-corrected chi connectivity index (χ2v) is 6.01. The summed E-state index contributed by atoms with van der Waals surface area (Å²) in [6.45, 7) is 8.56. The van der Waals surface area contributed by atoms with Crippen molar-refractivity contribution in [2.45, 2.75) is 27.7 Å². The highest BCUT2D eigenvalue weighted by atomic mass is 14.7. The molecule has 3 aromatic rings. The van der Waals surface area contributed by atoms with Crippen LogP contribution < -0.4 is 0 Å². The van der Waals surface area contributed by atoms with Gasteiger partial charge in [0.1, 0.15) is 0 Å². The third kappa shape index (κ3) is 2.80. The minimum Gasteiger partial charge on any atom is -0.248 e. The van der Waals surface area contributed by atoms with E-state index in [4.69, 9.17) is 4.98 Å². The maximum atomic E-state index is 4.85. The molecular formula is C21H21N. The summed E-state index contributed by atoms with van der Waals surface area (Å²) in [4.78, 5) is 4.85. The predicted octanol–water partition coefficient (Wildman–Crippen LogP) is 5.65. The maximum Gasteiger partial charge on any atom is 0.0709 e. The molecule has 0 spiro atoms. The summed E-state index contributed by atoms with van der Waals surface area (Å²) in [5.41, 5.74) is 9.63. The molecule has 1 heteroatoms. The summed E-state index contributed by atoms with van der Waals surface area (Å²) in [7, 11) is 0. The van der Waals surface area contributed by atoms with Gasteiger partial charge in [-0.3, -0.25) is 0 Å². The molecule has 3 rings (SSSR count). The van der Waals surface area contributed by atoms with Gasteiger partial charge in [-0.25, -0.2) is 4.98 Å². The Hall–Kier alpha value is -2.41. The van der Waals surface area contributed by atoms with Crippen LogP contribution in [0, 0.1) is 27.7 Å². The van der Waals surface area contributed by atoms with Crippen molar-refractivity contribution in [2.75, 3.05) is 0 Å². The molecule has 0 unspecified atom stereocenters. The van der Waals surface area contributed by atoms with Crippen LogP contribution in [-0.4, -0.2) is 4.98 Å². The fourth-order valence-electron chi connectivity index (χ4n) is 2.56. The summed E-state index contributed by atoms with van der Waals surface area (Å²) in [6, 6.07) is 19.3. The minimum atomic E-state index is 1.03. The van der Waals surface area contributed by atoms with Gasteiger partial charge in [0.2, 0.25) is 0 Å². The topological polar surface area (TPSA) is 12.9 Å². The van der Waals surface area contributed by atoms with Gasteiger partial charge in [0.25, 0.3) is 0 Å². The van der Waals surface area contributed by atoms with Gasteiger partial charge in [-0.15, -0.1) is 0 Å². The summed E-state index contributed by atoms with van der Waals surface area (Å²) in [5.74, 6) is 0. The highest BCUT2D eigenvalue weighted by Gasteiger charge is 2.05. The Morgan fingerprint density at radius 2 is 1.00 bits per heavy atom. The van der Waals surface area contributed by atoms with Crippen molar-refractivity contribution in [3.63, 3.8) is 0 Å². The van der Waals surface area contributed by atoms with Gasteiger partial charge in [0.05, 0.1) is 11.4 Å². The van der Waals surface area contributed by atoms with Crippen molar-refractivity contribution in [2.24, 2.45) is 0 Å². The van der Waals surface area contributed by atoms with Crippen LogP contribution >= 0.6 is 0 Å². The smallest absolute Gasteiger partial charge is 0.0709 e. The molecular weight excluding hydrogens is 266 g/mol. The Morgan fingerprint density at radius 3 is 1.41 bits per heavy atom. The number of benzene rings is 2. The zero-order valence-corrected chi connectivity index (χ0v) is 13.6. The van der Waals surface area contributed by atoms with Gasteiger partial charge in [0, 0.05) is 11.1 Å². The van der Waals surface area contributed by atoms with E-state index >= 15 is 0 Å². The van der Waals surface area contributed by atoms with E-state index in [2.05, 4.69) is 82.3 Å². The largest absolute Gasteiger partial charge is 0.248 e. The lowest BCUT2D eigenvalue weighted by atomic mass is 10.0. The lowest BCUT2D eigenvalue weighted by Crippen LogP contribution is -1.90. The maximum absolute atomic E-state index is 4.85. The summed E-state index contributed by atoms with van der Waals surface area (Å²) < 4.78 is 0. The second-order valence-electron chi connectivity index (χ2n) is 6.01. The van der Waals surface area contributed by atoms with Crippen molar-refractivity contribution >= 4 is 0 Å². The van der Waals surface area contributed by atoms with Crippen LogP contribution in [0.4, 0.5) is 0 Å². The van der Waals surface area contributed by atoms with E-state index in [1.54, 1.807) is 0 Å². The Balaban J connectivity index is 2.05. The molecule has 0 bridgehead atoms. The van der Waals surface area contributed by atoms with Gasteiger partial charge >= 0.3 is 0 Å². The monoisotopic (exact) mass is 287 g/mol. The first-order valence-corrected chi connectivity index (χ1v) is 7.67. The molecule has 110 valence electrons. The van der Waals surface area contributed by atoms with Crippen LogP contribution in [0.5, 0.6) is 0 Å². The molecule has 2 aromatic carbocycles. The third-order valence-electron chi connectivity index (χ3n) is 4.35. The molecule has 0 saturated heterocycles. The fraction of sp³-hybridized carbons (Fsp3) is 0.190. The summed E-state index contributed by atoms with van der Waals surface area (Å²) in [5, 5.41) is 0. The molecule has 0 atom stereocenters. The second kappa shape index (κ2) is 5.76. The van der Waals surface area contributed by atoms with E-state index in [1.807, 2.05) is 0 Å². The predicted molar refractivity (Wildman–Crippen MR) is 94.1 cm³/mol. The number of pyridine rings is 1. The normalized spacial score (nSPS) is 10.7. The molecule has 0 fully saturated rings. The van der Waals surface area contributed by atoms with Gasteiger partial charge in [-0.2, -0.15) is 0 Å². The van der Waals surface area contributed by atoms with Gasteiger partial charge in [-0.1, -0.05) is 30.3 Å². The number of aromatic nitrogens is 1. The van der Waals surface area contributed by atoms with Crippen LogP contribution in [0.25, 0.3) is 22.5 Å². The Morgan fingerprint density at radius 1 is 0.545 bits per heavy atom. The first-order chi connectivity index (χ1) is 10.5. The highest BCUT2D eigenvalue weighted by Crippen LogP contribution is 2.25. The zero-order chi connectivity index (χ0) is 15.7. The van der Waals surface area contributed by atoms with Crippen molar-refractivity contribution in [3.8, 4) is 22.5 Å². The molecule has 1 aromatic heterocycles. The number of aryl methyl sites for hydroxylation is 4. The first-order valence-electron chi connectivity index (χ1n) is 7.67. The lowest BCUT2D eigenvalue weighted by molar-refractivity contribution is 1.28. The third-order valence-corrected chi connectivity index (χ3v) is 4.35. The van der Waals surface area contributed by atoms with Gasteiger partial charge in [0.15, 0.2) is 0 Å². The molecule has 22 heavy (non-hydrogen) atoms. The quantitative estimate of drug-likeness (QED) is 0.593. The van der Waals surface area contributed by atoms with Crippen molar-refractivity contribution in [3.05, 3.63) is 76.9 Å². The van der Waals surface area contributed by atoms with E-state index in [9.17, 15) is 0 Å². The van der Waals surface area contributed by atoms with Crippen molar-refractivity contribution in [1.82, 2.24) is 4.98 Å². The van der Waals surface area contributed by atoms with Crippen molar-refractivity contribution in [1.29, 1.82) is 0 Å². The zero-order valence-electron chi connectivity index (χ0n) is 13.6. The van der Waals surface area contributed by atoms with Crippen LogP contribution in [0.3, 0.4) is 0 Å². The average molecular weight is 287 g/mol. The Kier molecular flexibility index (Phi) is 3.81. The number of hydrogen-bond acceptors (Lipinski definition) is 1. The minimum absolute atomic E-state index is 1.03. The van der Waals surface area contributed by atoms with E-state index in [-0.39, 0.29) is 0 Å². The van der Waals surface area contributed by atoms with Crippen LogP contribution in [0.2, 0.25) is 0 Å². The van der Waals surface area contributed by atoms with Gasteiger partial charge in [-0.05, 0) is 74.2 Å². The molecule has 0 aliphatic heterocycles. The van der Waals surface area contributed by atoms with E-state index in [0.717, 1.165) is 11.4 Å². The Bertz CT molecular complexity index is 764. The van der Waals surface area contributed by atoms with Crippen molar-refractivity contribution < 1.29 is 0 Å². The standard InChI is InChI=1S/C21H21N/c1-14-8-10-18(12-16(14)3)20-6-5-7-21(22-20)19-11-9-15(2)17(4)13-19/h5-13H,1-4H3. The molecule has 0 radical (unpaired) electrons. The molecule has 0 amide bonds. The SMILES string of the molecule is Cc1ccc(-c2cccc(-c3ccc(C)c(C)c3)n2)cc1C.